The van der Waals surface area contributed by atoms with Crippen LogP contribution in [0.5, 0.6) is 0 Å². The molecule has 7 nitrogen and oxygen atoms in total. The first-order valence-corrected chi connectivity index (χ1v) is 7.45. The van der Waals surface area contributed by atoms with Crippen LogP contribution in [0.15, 0.2) is 15.6 Å². The van der Waals surface area contributed by atoms with Gasteiger partial charge in [0.15, 0.2) is 5.82 Å². The fourth-order valence-corrected chi connectivity index (χ4v) is 2.77. The lowest BCUT2D eigenvalue weighted by Gasteiger charge is -2.12. The van der Waals surface area contributed by atoms with Crippen molar-refractivity contribution in [3.05, 3.63) is 28.9 Å². The lowest BCUT2D eigenvalue weighted by atomic mass is 10.3. The van der Waals surface area contributed by atoms with Crippen LogP contribution in [0.1, 0.15) is 29.8 Å². The van der Waals surface area contributed by atoms with E-state index in [0.717, 1.165) is 0 Å². The van der Waals surface area contributed by atoms with Crippen molar-refractivity contribution in [2.45, 2.75) is 38.0 Å². The smallest absolute Gasteiger partial charge is 0.238 e. The van der Waals surface area contributed by atoms with Gasteiger partial charge in [0.1, 0.15) is 28.2 Å². The van der Waals surface area contributed by atoms with Gasteiger partial charge in [0, 0.05) is 6.07 Å². The number of anilines is 1. The second-order valence-corrected chi connectivity index (χ2v) is 6.05. The summed E-state index contributed by atoms with van der Waals surface area (Å²) in [5.74, 6) is 1.31. The summed E-state index contributed by atoms with van der Waals surface area (Å²) in [6.45, 7) is 6.98. The summed E-state index contributed by atoms with van der Waals surface area (Å²) in [5.41, 5.74) is 1.00. The van der Waals surface area contributed by atoms with Gasteiger partial charge in [-0.05, 0) is 27.7 Å². The Hall–Kier alpha value is -2.40. The lowest BCUT2D eigenvalue weighted by Crippen LogP contribution is -2.23. The number of nitrogens with one attached hydrogen (secondary N) is 1. The predicted molar refractivity (Wildman–Crippen MR) is 81.4 cm³/mol. The molecule has 0 aliphatic carbocycles. The van der Waals surface area contributed by atoms with Crippen LogP contribution in [0.25, 0.3) is 0 Å². The van der Waals surface area contributed by atoms with Gasteiger partial charge in [-0.3, -0.25) is 4.79 Å². The molecule has 1 amide bonds. The maximum Gasteiger partial charge on any atom is 0.238 e. The number of rotatable bonds is 4. The molecular weight excluding hydrogens is 302 g/mol. The van der Waals surface area contributed by atoms with Crippen LogP contribution in [-0.4, -0.2) is 26.3 Å². The Morgan fingerprint density at radius 3 is 2.73 bits per heavy atom. The fourth-order valence-electron chi connectivity index (χ4n) is 1.77. The van der Waals surface area contributed by atoms with Crippen LogP contribution in [0.2, 0.25) is 0 Å². The van der Waals surface area contributed by atoms with E-state index in [-0.39, 0.29) is 5.91 Å². The molecule has 0 radical (unpaired) electrons. The van der Waals surface area contributed by atoms with E-state index in [2.05, 4.69) is 26.5 Å². The van der Waals surface area contributed by atoms with Gasteiger partial charge in [-0.1, -0.05) is 16.9 Å². The second kappa shape index (κ2) is 6.58. The molecule has 0 bridgehead atoms. The average molecular weight is 317 g/mol. The summed E-state index contributed by atoms with van der Waals surface area (Å²) in [7, 11) is 0. The minimum absolute atomic E-state index is 0.240. The zero-order valence-electron chi connectivity index (χ0n) is 12.7. The first kappa shape index (κ1) is 16.0. The monoisotopic (exact) mass is 317 g/mol. The Kier molecular flexibility index (Phi) is 4.78. The molecule has 8 heteroatoms. The summed E-state index contributed by atoms with van der Waals surface area (Å²) < 4.78 is 4.90. The Bertz CT molecular complexity index is 750. The molecule has 114 valence electrons. The fraction of sp³-hybridized carbons (Fsp3) is 0.357. The van der Waals surface area contributed by atoms with Gasteiger partial charge in [0.05, 0.1) is 10.9 Å². The Labute approximate surface area is 132 Å². The van der Waals surface area contributed by atoms with E-state index >= 15 is 0 Å². The highest BCUT2D eigenvalue weighted by atomic mass is 32.2. The van der Waals surface area contributed by atoms with Crippen molar-refractivity contribution in [1.29, 1.82) is 5.26 Å². The molecule has 0 aliphatic heterocycles. The van der Waals surface area contributed by atoms with Crippen LogP contribution in [0.4, 0.5) is 5.82 Å². The molecule has 0 aliphatic rings. The summed E-state index contributed by atoms with van der Waals surface area (Å²) in [6, 6.07) is 3.72. The number of aryl methyl sites for hydroxylation is 3. The molecule has 22 heavy (non-hydrogen) atoms. The van der Waals surface area contributed by atoms with Gasteiger partial charge in [0.25, 0.3) is 0 Å². The standard InChI is InChI=1S/C14H15N5O2S/c1-7-5-12(19-21-7)18-13(20)9(3)22-14-11(6-15)8(2)16-10(4)17-14/h5,9H,1-4H3,(H,18,19,20). The van der Waals surface area contributed by atoms with Crippen LogP contribution in [0.3, 0.4) is 0 Å². The highest BCUT2D eigenvalue weighted by molar-refractivity contribution is 8.00. The Balaban J connectivity index is 2.13. The quantitative estimate of drug-likeness (QED) is 0.681. The molecule has 2 aromatic heterocycles. The van der Waals surface area contributed by atoms with Crippen molar-refractivity contribution in [3.8, 4) is 6.07 Å². The van der Waals surface area contributed by atoms with Gasteiger partial charge < -0.3 is 9.84 Å². The molecule has 2 aromatic rings. The molecule has 0 aromatic carbocycles. The molecule has 0 fully saturated rings. The number of amides is 1. The molecule has 0 saturated carbocycles. The predicted octanol–water partition coefficient (Wildman–Crippen LogP) is 2.38. The summed E-state index contributed by atoms with van der Waals surface area (Å²) >= 11 is 1.21. The minimum atomic E-state index is -0.446. The number of nitriles is 1. The second-order valence-electron chi connectivity index (χ2n) is 4.72. The maximum absolute atomic E-state index is 12.2. The van der Waals surface area contributed by atoms with Gasteiger partial charge in [-0.2, -0.15) is 5.26 Å². The lowest BCUT2D eigenvalue weighted by molar-refractivity contribution is -0.115. The van der Waals surface area contributed by atoms with Crippen LogP contribution < -0.4 is 5.32 Å². The number of carbonyl (C=O) groups is 1. The number of thioether (sulfide) groups is 1. The highest BCUT2D eigenvalue weighted by Crippen LogP contribution is 2.26. The van der Waals surface area contributed by atoms with Crippen LogP contribution in [0, 0.1) is 32.1 Å². The van der Waals surface area contributed by atoms with Crippen LogP contribution >= 0.6 is 11.8 Å². The zero-order valence-corrected chi connectivity index (χ0v) is 13.5. The number of carbonyl (C=O) groups excluding carboxylic acids is 1. The molecule has 1 atom stereocenters. The van der Waals surface area contributed by atoms with E-state index < -0.39 is 5.25 Å². The third-order valence-corrected chi connectivity index (χ3v) is 3.90. The molecule has 1 N–H and O–H groups in total. The van der Waals surface area contributed by atoms with Crippen molar-refractivity contribution in [1.82, 2.24) is 15.1 Å². The highest BCUT2D eigenvalue weighted by Gasteiger charge is 2.20. The van der Waals surface area contributed by atoms with Crippen molar-refractivity contribution >= 4 is 23.5 Å². The third-order valence-electron chi connectivity index (χ3n) is 2.82. The van der Waals surface area contributed by atoms with E-state index in [1.54, 1.807) is 33.8 Å². The third kappa shape index (κ3) is 3.62. The Morgan fingerprint density at radius 1 is 1.41 bits per heavy atom. The number of hydrogen-bond acceptors (Lipinski definition) is 7. The maximum atomic E-state index is 12.2. The molecular formula is C14H15N5O2S. The number of hydrogen-bond donors (Lipinski definition) is 1. The van der Waals surface area contributed by atoms with Crippen molar-refractivity contribution in [3.63, 3.8) is 0 Å². The van der Waals surface area contributed by atoms with Crippen molar-refractivity contribution in [2.24, 2.45) is 0 Å². The summed E-state index contributed by atoms with van der Waals surface area (Å²) in [6.07, 6.45) is 0. The molecule has 1 unspecified atom stereocenters. The molecule has 0 spiro atoms. The largest absolute Gasteiger partial charge is 0.360 e. The van der Waals surface area contributed by atoms with Gasteiger partial charge in [0.2, 0.25) is 5.91 Å². The average Bonchev–Trinajstić information content (AvgIpc) is 2.83. The minimum Gasteiger partial charge on any atom is -0.360 e. The van der Waals surface area contributed by atoms with Crippen LogP contribution in [-0.2, 0) is 4.79 Å². The number of nitrogens with zero attached hydrogens (tertiary/aromatic N) is 4. The van der Waals surface area contributed by atoms with Gasteiger partial charge in [-0.15, -0.1) is 0 Å². The molecule has 2 rings (SSSR count). The first-order valence-electron chi connectivity index (χ1n) is 6.57. The van der Waals surface area contributed by atoms with E-state index in [0.29, 0.717) is 33.7 Å². The van der Waals surface area contributed by atoms with E-state index in [1.165, 1.54) is 11.8 Å². The molecule has 2 heterocycles. The van der Waals surface area contributed by atoms with E-state index in [1.807, 2.05) is 0 Å². The van der Waals surface area contributed by atoms with E-state index in [4.69, 9.17) is 4.52 Å². The topological polar surface area (TPSA) is 105 Å². The van der Waals surface area contributed by atoms with Crippen molar-refractivity contribution < 1.29 is 9.32 Å². The number of aromatic nitrogens is 3. The Morgan fingerprint density at radius 2 is 2.14 bits per heavy atom. The first-order chi connectivity index (χ1) is 10.4. The van der Waals surface area contributed by atoms with Gasteiger partial charge in [-0.25, -0.2) is 9.97 Å². The summed E-state index contributed by atoms with van der Waals surface area (Å²) in [4.78, 5) is 20.6. The van der Waals surface area contributed by atoms with Gasteiger partial charge >= 0.3 is 0 Å². The normalized spacial score (nSPS) is 11.8. The molecule has 0 saturated heterocycles. The van der Waals surface area contributed by atoms with Crippen molar-refractivity contribution in [2.75, 3.05) is 5.32 Å². The summed E-state index contributed by atoms with van der Waals surface area (Å²) in [5, 5.41) is 15.6. The van der Waals surface area contributed by atoms with E-state index in [9.17, 15) is 10.1 Å². The SMILES string of the molecule is Cc1nc(C)c(C#N)c(SC(C)C(=O)Nc2cc(C)on2)n1. The zero-order chi connectivity index (χ0) is 16.3.